The van der Waals surface area contributed by atoms with E-state index in [1.54, 1.807) is 7.05 Å². The van der Waals surface area contributed by atoms with Crippen LogP contribution in [0.5, 0.6) is 0 Å². The maximum Gasteiger partial charge on any atom is 0.216 e. The lowest BCUT2D eigenvalue weighted by atomic mass is 10.2. The third kappa shape index (κ3) is 4.85. The fourth-order valence-electron chi connectivity index (χ4n) is 1.96. The van der Waals surface area contributed by atoms with Crippen molar-refractivity contribution in [3.63, 3.8) is 0 Å². The van der Waals surface area contributed by atoms with Crippen molar-refractivity contribution in [3.8, 4) is 0 Å². The van der Waals surface area contributed by atoms with Gasteiger partial charge in [-0.1, -0.05) is 22.4 Å². The van der Waals surface area contributed by atoms with Crippen molar-refractivity contribution >= 4 is 26.0 Å². The molecule has 0 aromatic rings. The van der Waals surface area contributed by atoms with Crippen LogP contribution < -0.4 is 0 Å². The zero-order valence-electron chi connectivity index (χ0n) is 10.4. The van der Waals surface area contributed by atoms with Crippen molar-refractivity contribution in [3.05, 3.63) is 0 Å². The molecule has 0 radical (unpaired) electrons. The Morgan fingerprint density at radius 3 is 2.47 bits per heavy atom. The molecular weight excluding hydrogens is 306 g/mol. The largest absolute Gasteiger partial charge is 0.381 e. The van der Waals surface area contributed by atoms with Gasteiger partial charge in [-0.2, -0.15) is 0 Å². The van der Waals surface area contributed by atoms with Crippen LogP contribution >= 0.6 is 15.9 Å². The van der Waals surface area contributed by atoms with Gasteiger partial charge in [0.15, 0.2) is 0 Å². The maximum absolute atomic E-state index is 12.2. The average Bonchev–Trinajstić information content (AvgIpc) is 2.35. The molecule has 6 heteroatoms. The van der Waals surface area contributed by atoms with Crippen LogP contribution in [0, 0.1) is 0 Å². The minimum atomic E-state index is -3.11. The Labute approximate surface area is 113 Å². The first-order chi connectivity index (χ1) is 8.09. The summed E-state index contributed by atoms with van der Waals surface area (Å²) < 4.78 is 31.1. The lowest BCUT2D eigenvalue weighted by molar-refractivity contribution is 0.0974. The van der Waals surface area contributed by atoms with Crippen molar-refractivity contribution in [1.82, 2.24) is 4.31 Å². The summed E-state index contributed by atoms with van der Waals surface area (Å²) in [7, 11) is -1.41. The van der Waals surface area contributed by atoms with Gasteiger partial charge in [0.2, 0.25) is 10.0 Å². The summed E-state index contributed by atoms with van der Waals surface area (Å²) in [6, 6.07) is 0. The maximum atomic E-state index is 12.2. The van der Waals surface area contributed by atoms with Gasteiger partial charge in [-0.3, -0.25) is 0 Å². The summed E-state index contributed by atoms with van der Waals surface area (Å²) in [5.41, 5.74) is 0. The number of halogens is 1. The SMILES string of the molecule is CN(CCCCCBr)S(=O)(=O)C1CCOCC1. The van der Waals surface area contributed by atoms with E-state index in [1.165, 1.54) is 4.31 Å². The lowest BCUT2D eigenvalue weighted by Gasteiger charge is -2.27. The van der Waals surface area contributed by atoms with Gasteiger partial charge in [-0.15, -0.1) is 0 Å². The molecule has 4 nitrogen and oxygen atoms in total. The van der Waals surface area contributed by atoms with Gasteiger partial charge in [0, 0.05) is 32.1 Å². The van der Waals surface area contributed by atoms with E-state index in [9.17, 15) is 8.42 Å². The predicted octanol–water partition coefficient (Wildman–Crippen LogP) is 1.99. The molecule has 1 heterocycles. The topological polar surface area (TPSA) is 46.6 Å². The minimum absolute atomic E-state index is 0.238. The normalized spacial score (nSPS) is 18.8. The van der Waals surface area contributed by atoms with Gasteiger partial charge in [0.05, 0.1) is 5.25 Å². The molecule has 0 bridgehead atoms. The van der Waals surface area contributed by atoms with Crippen molar-refractivity contribution < 1.29 is 13.2 Å². The van der Waals surface area contributed by atoms with E-state index in [0.29, 0.717) is 32.6 Å². The van der Waals surface area contributed by atoms with Gasteiger partial charge in [0.25, 0.3) is 0 Å². The highest BCUT2D eigenvalue weighted by atomic mass is 79.9. The van der Waals surface area contributed by atoms with Crippen molar-refractivity contribution in [2.24, 2.45) is 0 Å². The standard InChI is InChI=1S/C11H22BrNO3S/c1-13(8-4-2-3-7-12)17(14,15)11-5-9-16-10-6-11/h11H,2-10H2,1H3. The molecule has 0 saturated carbocycles. The molecule has 1 rings (SSSR count). The number of alkyl halides is 1. The van der Waals surface area contributed by atoms with Crippen LogP contribution in [-0.4, -0.2) is 50.1 Å². The van der Waals surface area contributed by atoms with Crippen LogP contribution in [0.4, 0.5) is 0 Å². The minimum Gasteiger partial charge on any atom is -0.381 e. The Hall–Kier alpha value is 0.350. The molecule has 17 heavy (non-hydrogen) atoms. The van der Waals surface area contributed by atoms with E-state index < -0.39 is 10.0 Å². The quantitative estimate of drug-likeness (QED) is 0.530. The van der Waals surface area contributed by atoms with Crippen LogP contribution in [0.1, 0.15) is 32.1 Å². The van der Waals surface area contributed by atoms with E-state index >= 15 is 0 Å². The Morgan fingerprint density at radius 1 is 1.24 bits per heavy atom. The summed E-state index contributed by atoms with van der Waals surface area (Å²) >= 11 is 3.37. The van der Waals surface area contributed by atoms with Gasteiger partial charge in [0.1, 0.15) is 0 Å². The fraction of sp³-hybridized carbons (Fsp3) is 1.00. The molecule has 0 aromatic carbocycles. The van der Waals surface area contributed by atoms with E-state index in [-0.39, 0.29) is 5.25 Å². The number of ether oxygens (including phenoxy) is 1. The molecule has 1 saturated heterocycles. The monoisotopic (exact) mass is 327 g/mol. The number of rotatable bonds is 7. The third-order valence-electron chi connectivity index (χ3n) is 3.13. The molecule has 1 aliphatic rings. The summed E-state index contributed by atoms with van der Waals surface area (Å²) in [6.07, 6.45) is 4.37. The highest BCUT2D eigenvalue weighted by molar-refractivity contribution is 9.09. The second-order valence-electron chi connectivity index (χ2n) is 4.43. The summed E-state index contributed by atoms with van der Waals surface area (Å²) in [5, 5.41) is 0.751. The smallest absolute Gasteiger partial charge is 0.216 e. The van der Waals surface area contributed by atoms with Crippen molar-refractivity contribution in [2.75, 3.05) is 32.1 Å². The second-order valence-corrected chi connectivity index (χ2v) is 7.54. The molecular formula is C11H22BrNO3S. The van der Waals surface area contributed by atoms with Gasteiger partial charge < -0.3 is 4.74 Å². The number of nitrogens with zero attached hydrogens (tertiary/aromatic N) is 1. The number of unbranched alkanes of at least 4 members (excludes halogenated alkanes) is 2. The summed E-state index contributed by atoms with van der Waals surface area (Å²) in [6.45, 7) is 1.77. The Balaban J connectivity index is 2.39. The molecule has 1 aliphatic heterocycles. The van der Waals surface area contributed by atoms with E-state index in [4.69, 9.17) is 4.74 Å². The van der Waals surface area contributed by atoms with Gasteiger partial charge in [-0.25, -0.2) is 12.7 Å². The van der Waals surface area contributed by atoms with Gasteiger partial charge >= 0.3 is 0 Å². The highest BCUT2D eigenvalue weighted by Gasteiger charge is 2.30. The third-order valence-corrected chi connectivity index (χ3v) is 6.06. The molecule has 0 amide bonds. The zero-order valence-corrected chi connectivity index (χ0v) is 12.8. The molecule has 0 N–H and O–H groups in total. The van der Waals surface area contributed by atoms with Crippen LogP contribution in [0.15, 0.2) is 0 Å². The molecule has 0 aliphatic carbocycles. The average molecular weight is 328 g/mol. The summed E-state index contributed by atoms with van der Waals surface area (Å²) in [4.78, 5) is 0. The lowest BCUT2D eigenvalue weighted by Crippen LogP contribution is -2.39. The fourth-order valence-corrected chi connectivity index (χ4v) is 4.04. The highest BCUT2D eigenvalue weighted by Crippen LogP contribution is 2.19. The van der Waals surface area contributed by atoms with Crippen LogP contribution in [-0.2, 0) is 14.8 Å². The first-order valence-electron chi connectivity index (χ1n) is 6.18. The van der Waals surface area contributed by atoms with Crippen LogP contribution in [0.25, 0.3) is 0 Å². The van der Waals surface area contributed by atoms with Crippen LogP contribution in [0.2, 0.25) is 0 Å². The first-order valence-corrected chi connectivity index (χ1v) is 8.80. The summed E-state index contributed by atoms with van der Waals surface area (Å²) in [5.74, 6) is 0. The predicted molar refractivity (Wildman–Crippen MR) is 73.0 cm³/mol. The molecule has 0 aromatic heterocycles. The molecule has 102 valence electrons. The van der Waals surface area contributed by atoms with Crippen molar-refractivity contribution in [1.29, 1.82) is 0 Å². The Bertz CT molecular complexity index is 302. The van der Waals surface area contributed by atoms with E-state index in [0.717, 1.165) is 24.6 Å². The zero-order chi connectivity index (χ0) is 12.7. The first kappa shape index (κ1) is 15.4. The Morgan fingerprint density at radius 2 is 1.88 bits per heavy atom. The van der Waals surface area contributed by atoms with E-state index in [2.05, 4.69) is 15.9 Å². The molecule has 1 fully saturated rings. The second kappa shape index (κ2) is 7.71. The molecule has 0 spiro atoms. The van der Waals surface area contributed by atoms with Crippen molar-refractivity contribution in [2.45, 2.75) is 37.4 Å². The molecule has 0 unspecified atom stereocenters. The van der Waals surface area contributed by atoms with E-state index in [1.807, 2.05) is 0 Å². The number of sulfonamides is 1. The van der Waals surface area contributed by atoms with Crippen LogP contribution in [0.3, 0.4) is 0 Å². The number of hydrogen-bond donors (Lipinski definition) is 0. The Kier molecular flexibility index (Phi) is 6.99. The van der Waals surface area contributed by atoms with Gasteiger partial charge in [-0.05, 0) is 25.7 Å². The molecule has 0 atom stereocenters. The number of hydrogen-bond acceptors (Lipinski definition) is 3.